The van der Waals surface area contributed by atoms with Gasteiger partial charge in [-0.1, -0.05) is 59.7 Å². The molecule has 2 heteroatoms. The van der Waals surface area contributed by atoms with Crippen molar-refractivity contribution in [1.82, 2.24) is 0 Å². The monoisotopic (exact) mass is 404 g/mol. The predicted molar refractivity (Wildman–Crippen MR) is 120 cm³/mol. The van der Waals surface area contributed by atoms with Crippen LogP contribution in [0.5, 0.6) is 0 Å². The number of hydrogen-bond donors (Lipinski definition) is 0. The van der Waals surface area contributed by atoms with Crippen LogP contribution >= 0.6 is 0 Å². The Balaban J connectivity index is 1.24. The van der Waals surface area contributed by atoms with Crippen molar-refractivity contribution in [2.45, 2.75) is 83.2 Å². The number of hydrogen-bond acceptors (Lipinski definition) is 1. The summed E-state index contributed by atoms with van der Waals surface area (Å²) in [6.07, 6.45) is 5.76. The summed E-state index contributed by atoms with van der Waals surface area (Å²) in [6, 6.07) is 17.5. The van der Waals surface area contributed by atoms with Gasteiger partial charge in [-0.3, -0.25) is 4.79 Å². The molecule has 0 unspecified atom stereocenters. The Hall–Kier alpha value is -1.96. The Morgan fingerprint density at radius 3 is 1.30 bits per heavy atom. The molecule has 0 aliphatic heterocycles. The van der Waals surface area contributed by atoms with Gasteiger partial charge in [0, 0.05) is 0 Å². The fraction of sp³-hybridized carbons (Fsp3) is 0.536. The van der Waals surface area contributed by atoms with Gasteiger partial charge < -0.3 is 0 Å². The molecule has 2 aromatic rings. The van der Waals surface area contributed by atoms with Gasteiger partial charge in [-0.15, -0.1) is 0 Å². The summed E-state index contributed by atoms with van der Waals surface area (Å²) in [5, 5.41) is 0. The second kappa shape index (κ2) is 7.32. The van der Waals surface area contributed by atoms with Crippen molar-refractivity contribution >= 4 is 5.78 Å². The molecular formula is C28H33FO. The molecule has 3 aliphatic carbocycles. The Kier molecular flexibility index (Phi) is 4.87. The van der Waals surface area contributed by atoms with E-state index in [1.54, 1.807) is 0 Å². The number of carbonyl (C=O) groups is 1. The van der Waals surface area contributed by atoms with Crippen molar-refractivity contribution < 1.29 is 9.18 Å². The van der Waals surface area contributed by atoms with Crippen LogP contribution in [-0.4, -0.2) is 12.0 Å². The highest BCUT2D eigenvalue weighted by molar-refractivity contribution is 5.98. The van der Waals surface area contributed by atoms with Gasteiger partial charge >= 0.3 is 0 Å². The first-order valence-electron chi connectivity index (χ1n) is 11.8. The molecule has 0 bridgehead atoms. The molecule has 2 spiro atoms. The number of halogens is 1. The van der Waals surface area contributed by atoms with Crippen LogP contribution in [-0.2, 0) is 4.79 Å². The first-order chi connectivity index (χ1) is 14.4. The molecule has 158 valence electrons. The summed E-state index contributed by atoms with van der Waals surface area (Å²) in [6.45, 7) is 4.21. The summed E-state index contributed by atoms with van der Waals surface area (Å²) >= 11 is 0. The Bertz CT molecular complexity index is 835. The standard InChI is InChI=1S/C28H33FO/c1-19-3-7-21(8-4-19)23-11-15-27(16-12-23)25(29)28(26(27)30)17-13-24(14-18-28)22-9-5-20(2)6-10-22/h3-10,23-25H,11-18H2,1-2H3. The summed E-state index contributed by atoms with van der Waals surface area (Å²) in [7, 11) is 0. The van der Waals surface area contributed by atoms with E-state index in [2.05, 4.69) is 62.4 Å². The van der Waals surface area contributed by atoms with Gasteiger partial charge in [0.1, 0.15) is 6.17 Å². The summed E-state index contributed by atoms with van der Waals surface area (Å²) in [5.41, 5.74) is 3.91. The average molecular weight is 405 g/mol. The second-order valence-corrected chi connectivity index (χ2v) is 10.4. The van der Waals surface area contributed by atoms with E-state index in [1.807, 2.05) is 0 Å². The lowest BCUT2D eigenvalue weighted by Gasteiger charge is -2.61. The molecule has 0 heterocycles. The van der Waals surface area contributed by atoms with Gasteiger partial charge in [0.15, 0.2) is 5.78 Å². The number of carbonyl (C=O) groups excluding carboxylic acids is 1. The first-order valence-corrected chi connectivity index (χ1v) is 11.8. The van der Waals surface area contributed by atoms with Crippen LogP contribution in [0.1, 0.15) is 85.5 Å². The second-order valence-electron chi connectivity index (χ2n) is 10.4. The minimum absolute atomic E-state index is 0.271. The van der Waals surface area contributed by atoms with Gasteiger partial charge in [-0.05, 0) is 88.2 Å². The van der Waals surface area contributed by atoms with E-state index in [-0.39, 0.29) is 5.78 Å². The number of rotatable bonds is 2. The third-order valence-corrected chi connectivity index (χ3v) is 8.73. The third-order valence-electron chi connectivity index (χ3n) is 8.73. The van der Waals surface area contributed by atoms with Crippen molar-refractivity contribution in [3.05, 3.63) is 70.8 Å². The van der Waals surface area contributed by atoms with Crippen molar-refractivity contribution in [2.75, 3.05) is 0 Å². The van der Waals surface area contributed by atoms with Crippen molar-refractivity contribution in [3.63, 3.8) is 0 Å². The molecule has 0 atom stereocenters. The maximum Gasteiger partial charge on any atom is 0.151 e. The molecule has 3 saturated carbocycles. The van der Waals surface area contributed by atoms with Crippen molar-refractivity contribution in [3.8, 4) is 0 Å². The highest BCUT2D eigenvalue weighted by Gasteiger charge is 2.71. The average Bonchev–Trinajstić information content (AvgIpc) is 2.79. The lowest BCUT2D eigenvalue weighted by atomic mass is 9.41. The van der Waals surface area contributed by atoms with E-state index in [4.69, 9.17) is 0 Å². The number of Topliss-reactive ketones (excluding diaryl/α,β-unsaturated/α-hetero) is 1. The number of benzene rings is 2. The number of aryl methyl sites for hydroxylation is 2. The van der Waals surface area contributed by atoms with Crippen molar-refractivity contribution in [1.29, 1.82) is 0 Å². The normalized spacial score (nSPS) is 36.1. The molecule has 0 amide bonds. The molecule has 5 rings (SSSR count). The molecular weight excluding hydrogens is 371 g/mol. The predicted octanol–water partition coefficient (Wildman–Crippen LogP) is 7.21. The maximum atomic E-state index is 15.8. The van der Waals surface area contributed by atoms with E-state index in [0.717, 1.165) is 51.4 Å². The van der Waals surface area contributed by atoms with Crippen LogP contribution in [0.3, 0.4) is 0 Å². The fourth-order valence-electron chi connectivity index (χ4n) is 6.75. The molecule has 30 heavy (non-hydrogen) atoms. The van der Waals surface area contributed by atoms with Crippen LogP contribution in [0.25, 0.3) is 0 Å². The van der Waals surface area contributed by atoms with Crippen LogP contribution in [0.15, 0.2) is 48.5 Å². The molecule has 0 N–H and O–H groups in total. The number of ketones is 1. The minimum atomic E-state index is -0.935. The summed E-state index contributed by atoms with van der Waals surface area (Å²) in [4.78, 5) is 13.5. The zero-order chi connectivity index (χ0) is 20.9. The highest BCUT2D eigenvalue weighted by atomic mass is 19.1. The third kappa shape index (κ3) is 2.98. The molecule has 0 aromatic heterocycles. The SMILES string of the molecule is Cc1ccc(C2CCC3(CC2)C(=O)C2(CCC(c4ccc(C)cc4)CC2)C3F)cc1. The zero-order valence-corrected chi connectivity index (χ0v) is 18.3. The van der Waals surface area contributed by atoms with Crippen LogP contribution in [0, 0.1) is 24.7 Å². The van der Waals surface area contributed by atoms with E-state index in [1.165, 1.54) is 22.3 Å². The Labute approximate surface area is 180 Å². The first kappa shape index (κ1) is 20.0. The van der Waals surface area contributed by atoms with Crippen LogP contribution in [0.4, 0.5) is 4.39 Å². The molecule has 0 radical (unpaired) electrons. The Morgan fingerprint density at radius 1 is 0.667 bits per heavy atom. The molecule has 2 aromatic carbocycles. The molecule has 0 saturated heterocycles. The van der Waals surface area contributed by atoms with Gasteiger partial charge in [-0.2, -0.15) is 0 Å². The quantitative estimate of drug-likeness (QED) is 0.517. The van der Waals surface area contributed by atoms with Gasteiger partial charge in [0.2, 0.25) is 0 Å². The summed E-state index contributed by atoms with van der Waals surface area (Å²) < 4.78 is 15.8. The largest absolute Gasteiger partial charge is 0.298 e. The Morgan fingerprint density at radius 2 is 1.00 bits per heavy atom. The smallest absolute Gasteiger partial charge is 0.151 e. The van der Waals surface area contributed by atoms with E-state index < -0.39 is 17.0 Å². The fourth-order valence-corrected chi connectivity index (χ4v) is 6.75. The molecule has 1 nitrogen and oxygen atoms in total. The highest BCUT2D eigenvalue weighted by Crippen LogP contribution is 2.66. The summed E-state index contributed by atoms with van der Waals surface area (Å²) in [5.74, 6) is 1.22. The van der Waals surface area contributed by atoms with Gasteiger partial charge in [0.25, 0.3) is 0 Å². The number of alkyl halides is 1. The minimum Gasteiger partial charge on any atom is -0.298 e. The van der Waals surface area contributed by atoms with E-state index in [0.29, 0.717) is 11.8 Å². The van der Waals surface area contributed by atoms with E-state index in [9.17, 15) is 4.79 Å². The topological polar surface area (TPSA) is 17.1 Å². The lowest BCUT2D eigenvalue weighted by Crippen LogP contribution is -2.69. The van der Waals surface area contributed by atoms with Crippen LogP contribution in [0.2, 0.25) is 0 Å². The zero-order valence-electron chi connectivity index (χ0n) is 18.3. The van der Waals surface area contributed by atoms with Gasteiger partial charge in [0.05, 0.1) is 10.8 Å². The van der Waals surface area contributed by atoms with Crippen molar-refractivity contribution in [2.24, 2.45) is 10.8 Å². The van der Waals surface area contributed by atoms with Crippen LogP contribution < -0.4 is 0 Å². The lowest BCUT2D eigenvalue weighted by molar-refractivity contribution is -0.191. The maximum absolute atomic E-state index is 15.8. The molecule has 3 fully saturated rings. The molecule has 3 aliphatic rings. The van der Waals surface area contributed by atoms with E-state index >= 15 is 4.39 Å². The van der Waals surface area contributed by atoms with Gasteiger partial charge in [-0.25, -0.2) is 4.39 Å².